The summed E-state index contributed by atoms with van der Waals surface area (Å²) in [5.41, 5.74) is 0. The molecule has 0 radical (unpaired) electrons. The molecule has 1 N–H and O–H groups in total. The van der Waals surface area contributed by atoms with Gasteiger partial charge in [0.05, 0.1) is 11.5 Å². The van der Waals surface area contributed by atoms with Gasteiger partial charge in [-0.1, -0.05) is 0 Å². The molecule has 1 heterocycles. The van der Waals surface area contributed by atoms with Crippen LogP contribution in [0.4, 0.5) is 0 Å². The molecule has 48 valence electrons. The zero-order valence-electron chi connectivity index (χ0n) is 4.57. The number of aldehydes is 1. The van der Waals surface area contributed by atoms with Crippen LogP contribution in [0.5, 0.6) is 0 Å². The molecule has 3 nitrogen and oxygen atoms in total. The van der Waals surface area contributed by atoms with Crippen LogP contribution in [0.25, 0.3) is 0 Å². The maximum atomic E-state index is 10.0. The predicted molar refractivity (Wildman–Crippen MR) is 33.4 cm³/mol. The van der Waals surface area contributed by atoms with Crippen molar-refractivity contribution in [2.45, 2.75) is 6.61 Å². The fraction of sp³-hybridized carbons (Fsp3) is 0.200. The van der Waals surface area contributed by atoms with Gasteiger partial charge in [-0.25, -0.2) is 4.98 Å². The highest BCUT2D eigenvalue weighted by molar-refractivity contribution is 7.13. The van der Waals surface area contributed by atoms with Gasteiger partial charge < -0.3 is 5.11 Å². The summed E-state index contributed by atoms with van der Waals surface area (Å²) in [6.45, 7) is -0.0848. The Morgan fingerprint density at radius 3 is 3.00 bits per heavy atom. The van der Waals surface area contributed by atoms with E-state index in [1.807, 2.05) is 0 Å². The predicted octanol–water partition coefficient (Wildman–Crippen LogP) is 0.448. The average molecular weight is 143 g/mol. The lowest BCUT2D eigenvalue weighted by molar-refractivity contribution is 0.112. The number of aromatic nitrogens is 1. The van der Waals surface area contributed by atoms with Gasteiger partial charge in [-0.15, -0.1) is 11.3 Å². The van der Waals surface area contributed by atoms with Crippen molar-refractivity contribution in [1.82, 2.24) is 4.98 Å². The van der Waals surface area contributed by atoms with Crippen molar-refractivity contribution in [3.05, 3.63) is 16.1 Å². The zero-order valence-corrected chi connectivity index (χ0v) is 5.39. The Labute approximate surface area is 56.0 Å². The van der Waals surface area contributed by atoms with Crippen molar-refractivity contribution in [3.63, 3.8) is 0 Å². The molecule has 0 aliphatic carbocycles. The molecule has 0 saturated heterocycles. The molecule has 4 heteroatoms. The second-order valence-electron chi connectivity index (χ2n) is 1.43. The largest absolute Gasteiger partial charge is 0.389 e. The minimum Gasteiger partial charge on any atom is -0.389 e. The molecule has 0 bridgehead atoms. The van der Waals surface area contributed by atoms with Crippen molar-refractivity contribution >= 4 is 17.6 Å². The van der Waals surface area contributed by atoms with Crippen molar-refractivity contribution in [2.75, 3.05) is 0 Å². The highest BCUT2D eigenvalue weighted by Crippen LogP contribution is 2.09. The van der Waals surface area contributed by atoms with E-state index >= 15 is 0 Å². The number of aliphatic hydroxyl groups excluding tert-OH is 1. The molecule has 0 aromatic carbocycles. The highest BCUT2D eigenvalue weighted by atomic mass is 32.1. The van der Waals surface area contributed by atoms with Crippen molar-refractivity contribution in [2.24, 2.45) is 0 Å². The first kappa shape index (κ1) is 6.38. The quantitative estimate of drug-likeness (QED) is 0.611. The lowest BCUT2D eigenvalue weighted by atomic mass is 10.6. The van der Waals surface area contributed by atoms with Crippen LogP contribution in [-0.2, 0) is 6.61 Å². The number of thiazole rings is 1. The van der Waals surface area contributed by atoms with E-state index in [-0.39, 0.29) is 6.61 Å². The van der Waals surface area contributed by atoms with E-state index in [0.29, 0.717) is 9.88 Å². The van der Waals surface area contributed by atoms with Gasteiger partial charge in [0.2, 0.25) is 0 Å². The van der Waals surface area contributed by atoms with Crippen LogP contribution in [0.15, 0.2) is 6.20 Å². The topological polar surface area (TPSA) is 50.2 Å². The fourth-order valence-corrected chi connectivity index (χ4v) is 1.05. The Kier molecular flexibility index (Phi) is 1.92. The van der Waals surface area contributed by atoms with Gasteiger partial charge in [0.1, 0.15) is 5.01 Å². The first-order valence-electron chi connectivity index (χ1n) is 2.37. The first-order chi connectivity index (χ1) is 4.36. The molecule has 0 aliphatic heterocycles. The molecule has 0 spiro atoms. The van der Waals surface area contributed by atoms with Crippen LogP contribution in [0.2, 0.25) is 0 Å². The summed E-state index contributed by atoms with van der Waals surface area (Å²) < 4.78 is 0. The number of carbonyl (C=O) groups is 1. The maximum Gasteiger partial charge on any atom is 0.161 e. The lowest BCUT2D eigenvalue weighted by Crippen LogP contribution is -1.75. The summed E-state index contributed by atoms with van der Waals surface area (Å²) in [5.74, 6) is 0. The summed E-state index contributed by atoms with van der Waals surface area (Å²) in [5, 5.41) is 9.06. The summed E-state index contributed by atoms with van der Waals surface area (Å²) in [6.07, 6.45) is 2.17. The van der Waals surface area contributed by atoms with Crippen molar-refractivity contribution in [1.29, 1.82) is 0 Å². The van der Waals surface area contributed by atoms with Crippen LogP contribution in [0.1, 0.15) is 14.7 Å². The summed E-state index contributed by atoms with van der Waals surface area (Å²) in [7, 11) is 0. The van der Waals surface area contributed by atoms with E-state index in [2.05, 4.69) is 4.98 Å². The van der Waals surface area contributed by atoms with Gasteiger partial charge in [-0.05, 0) is 0 Å². The maximum absolute atomic E-state index is 10.0. The van der Waals surface area contributed by atoms with Gasteiger partial charge >= 0.3 is 0 Å². The standard InChI is InChI=1S/C5H5NO2S/c7-2-4-1-6-5(3-8)9-4/h1-2,8H,3H2. The van der Waals surface area contributed by atoms with Crippen LogP contribution in [0.3, 0.4) is 0 Å². The molecule has 0 atom stereocenters. The first-order valence-corrected chi connectivity index (χ1v) is 3.19. The molecule has 1 rings (SSSR count). The Morgan fingerprint density at radius 1 is 1.89 bits per heavy atom. The third-order valence-corrected chi connectivity index (χ3v) is 1.73. The van der Waals surface area contributed by atoms with Crippen LogP contribution in [-0.4, -0.2) is 16.4 Å². The molecular weight excluding hydrogens is 138 g/mol. The van der Waals surface area contributed by atoms with E-state index in [1.54, 1.807) is 0 Å². The average Bonchev–Trinajstić information content (AvgIpc) is 2.34. The number of hydrogen-bond donors (Lipinski definition) is 1. The monoisotopic (exact) mass is 143 g/mol. The van der Waals surface area contributed by atoms with E-state index in [9.17, 15) is 4.79 Å². The number of nitrogens with zero attached hydrogens (tertiary/aromatic N) is 1. The Morgan fingerprint density at radius 2 is 2.67 bits per heavy atom. The molecule has 9 heavy (non-hydrogen) atoms. The van der Waals surface area contributed by atoms with Crippen LogP contribution < -0.4 is 0 Å². The Balaban J connectivity index is 2.86. The van der Waals surface area contributed by atoms with Gasteiger partial charge in [-0.2, -0.15) is 0 Å². The number of rotatable bonds is 2. The molecular formula is C5H5NO2S. The Bertz CT molecular complexity index is 208. The third-order valence-electron chi connectivity index (χ3n) is 0.823. The van der Waals surface area contributed by atoms with Gasteiger partial charge in [-0.3, -0.25) is 4.79 Å². The minimum atomic E-state index is -0.0848. The number of carbonyl (C=O) groups excluding carboxylic acids is 1. The van der Waals surface area contributed by atoms with E-state index in [0.717, 1.165) is 6.29 Å². The lowest BCUT2D eigenvalue weighted by Gasteiger charge is -1.78. The zero-order chi connectivity index (χ0) is 6.69. The van der Waals surface area contributed by atoms with E-state index in [1.165, 1.54) is 17.5 Å². The summed E-state index contributed by atoms with van der Waals surface area (Å²) in [6, 6.07) is 0. The SMILES string of the molecule is O=Cc1cnc(CO)s1. The smallest absolute Gasteiger partial charge is 0.161 e. The minimum absolute atomic E-state index is 0.0848. The number of aliphatic hydroxyl groups is 1. The van der Waals surface area contributed by atoms with Gasteiger partial charge in [0.15, 0.2) is 6.29 Å². The fourth-order valence-electron chi connectivity index (χ4n) is 0.452. The van der Waals surface area contributed by atoms with Gasteiger partial charge in [0, 0.05) is 6.20 Å². The Hall–Kier alpha value is -0.740. The second kappa shape index (κ2) is 2.70. The molecule has 0 saturated carbocycles. The van der Waals surface area contributed by atoms with Crippen LogP contribution >= 0.6 is 11.3 Å². The molecule has 0 unspecified atom stereocenters. The summed E-state index contributed by atoms with van der Waals surface area (Å²) >= 11 is 1.20. The molecule has 0 fully saturated rings. The molecule has 1 aromatic rings. The highest BCUT2D eigenvalue weighted by Gasteiger charge is 1.96. The van der Waals surface area contributed by atoms with E-state index in [4.69, 9.17) is 5.11 Å². The molecule has 0 amide bonds. The van der Waals surface area contributed by atoms with Crippen LogP contribution in [0, 0.1) is 0 Å². The van der Waals surface area contributed by atoms with Crippen molar-refractivity contribution in [3.8, 4) is 0 Å². The second-order valence-corrected chi connectivity index (χ2v) is 2.58. The molecule has 0 aliphatic rings. The normalized spacial score (nSPS) is 9.44. The van der Waals surface area contributed by atoms with Crippen molar-refractivity contribution < 1.29 is 9.90 Å². The number of hydrogen-bond acceptors (Lipinski definition) is 4. The molecule has 1 aromatic heterocycles. The van der Waals surface area contributed by atoms with Gasteiger partial charge in [0.25, 0.3) is 0 Å². The van der Waals surface area contributed by atoms with E-state index < -0.39 is 0 Å². The summed E-state index contributed by atoms with van der Waals surface area (Å²) in [4.78, 5) is 14.3. The third kappa shape index (κ3) is 1.34.